The summed E-state index contributed by atoms with van der Waals surface area (Å²) in [5, 5.41) is 22.1. The minimum Gasteiger partial charge on any atom is -0.486 e. The van der Waals surface area contributed by atoms with E-state index in [2.05, 4.69) is 5.32 Å². The lowest BCUT2D eigenvalue weighted by atomic mass is 10.1. The number of rotatable bonds is 9. The molecular formula is C16H25NO4. The summed E-state index contributed by atoms with van der Waals surface area (Å²) in [6.07, 6.45) is 3.56. The highest BCUT2D eigenvalue weighted by Gasteiger charge is 2.15. The largest absolute Gasteiger partial charge is 0.486 e. The van der Waals surface area contributed by atoms with E-state index >= 15 is 0 Å². The Morgan fingerprint density at radius 1 is 1.05 bits per heavy atom. The van der Waals surface area contributed by atoms with Crippen LogP contribution in [-0.2, 0) is 0 Å². The molecule has 1 aromatic carbocycles. The Bertz CT molecular complexity index is 425. The molecule has 1 aliphatic rings. The molecule has 0 saturated carbocycles. The summed E-state index contributed by atoms with van der Waals surface area (Å²) in [6.45, 7) is 2.81. The quantitative estimate of drug-likeness (QED) is 0.604. The fourth-order valence-electron chi connectivity index (χ4n) is 2.34. The average molecular weight is 295 g/mol. The molecule has 0 aliphatic carbocycles. The molecule has 21 heavy (non-hydrogen) atoms. The van der Waals surface area contributed by atoms with Gasteiger partial charge in [-0.1, -0.05) is 18.9 Å². The van der Waals surface area contributed by atoms with Crippen LogP contribution in [0.1, 0.15) is 37.4 Å². The normalized spacial score (nSPS) is 15.0. The van der Waals surface area contributed by atoms with Gasteiger partial charge in [-0.15, -0.1) is 0 Å². The van der Waals surface area contributed by atoms with Gasteiger partial charge in [0.25, 0.3) is 0 Å². The molecule has 118 valence electrons. The highest BCUT2D eigenvalue weighted by atomic mass is 16.6. The van der Waals surface area contributed by atoms with Gasteiger partial charge in [0.05, 0.1) is 6.10 Å². The monoisotopic (exact) mass is 295 g/mol. The Morgan fingerprint density at radius 2 is 1.81 bits per heavy atom. The van der Waals surface area contributed by atoms with Crippen molar-refractivity contribution in [1.82, 2.24) is 5.32 Å². The first-order valence-corrected chi connectivity index (χ1v) is 7.70. The van der Waals surface area contributed by atoms with Crippen LogP contribution in [0.3, 0.4) is 0 Å². The number of fused-ring (bicyclic) bond motifs is 1. The van der Waals surface area contributed by atoms with E-state index in [9.17, 15) is 5.11 Å². The summed E-state index contributed by atoms with van der Waals surface area (Å²) in [6, 6.07) is 5.57. The van der Waals surface area contributed by atoms with Crippen LogP contribution in [0.2, 0.25) is 0 Å². The fraction of sp³-hybridized carbons (Fsp3) is 0.625. The van der Waals surface area contributed by atoms with Crippen molar-refractivity contribution in [1.29, 1.82) is 0 Å². The van der Waals surface area contributed by atoms with Gasteiger partial charge in [-0.25, -0.2) is 0 Å². The van der Waals surface area contributed by atoms with E-state index in [1.807, 2.05) is 18.2 Å². The second-order valence-corrected chi connectivity index (χ2v) is 5.26. The van der Waals surface area contributed by atoms with E-state index in [0.29, 0.717) is 25.5 Å². The van der Waals surface area contributed by atoms with Crippen molar-refractivity contribution in [2.75, 3.05) is 32.9 Å². The lowest BCUT2D eigenvalue weighted by Gasteiger charge is -2.20. The highest BCUT2D eigenvalue weighted by Crippen LogP contribution is 2.32. The zero-order valence-corrected chi connectivity index (χ0v) is 12.4. The van der Waals surface area contributed by atoms with Crippen molar-refractivity contribution in [3.8, 4) is 11.5 Å². The number of hydrogen-bond donors (Lipinski definition) is 3. The van der Waals surface area contributed by atoms with Gasteiger partial charge < -0.3 is 25.0 Å². The third-order valence-electron chi connectivity index (χ3n) is 3.55. The van der Waals surface area contributed by atoms with E-state index < -0.39 is 6.10 Å². The zero-order chi connectivity index (χ0) is 14.9. The predicted octanol–water partition coefficient (Wildman–Crippen LogP) is 1.63. The van der Waals surface area contributed by atoms with Crippen LogP contribution in [0.15, 0.2) is 18.2 Å². The molecule has 1 atom stereocenters. The Balaban J connectivity index is 1.69. The number of aliphatic hydroxyl groups is 2. The van der Waals surface area contributed by atoms with E-state index in [1.165, 1.54) is 0 Å². The van der Waals surface area contributed by atoms with Crippen LogP contribution in [0.5, 0.6) is 11.5 Å². The maximum absolute atomic E-state index is 10.2. The van der Waals surface area contributed by atoms with E-state index in [1.54, 1.807) is 0 Å². The topological polar surface area (TPSA) is 71.0 Å². The second kappa shape index (κ2) is 8.87. The first-order valence-electron chi connectivity index (χ1n) is 7.70. The van der Waals surface area contributed by atoms with Crippen molar-refractivity contribution in [2.24, 2.45) is 0 Å². The lowest BCUT2D eigenvalue weighted by molar-refractivity contribution is 0.163. The molecule has 0 saturated heterocycles. The third-order valence-corrected chi connectivity index (χ3v) is 3.55. The molecule has 1 aromatic rings. The number of aliphatic hydroxyl groups excluding tert-OH is 2. The average Bonchev–Trinajstić information content (AvgIpc) is 2.53. The van der Waals surface area contributed by atoms with Crippen molar-refractivity contribution >= 4 is 0 Å². The van der Waals surface area contributed by atoms with Crippen molar-refractivity contribution in [2.45, 2.75) is 31.8 Å². The molecule has 5 nitrogen and oxygen atoms in total. The van der Waals surface area contributed by atoms with Crippen LogP contribution < -0.4 is 14.8 Å². The molecule has 1 aliphatic heterocycles. The van der Waals surface area contributed by atoms with Gasteiger partial charge >= 0.3 is 0 Å². The van der Waals surface area contributed by atoms with E-state index in [-0.39, 0.29) is 6.61 Å². The third kappa shape index (κ3) is 5.19. The van der Waals surface area contributed by atoms with E-state index in [4.69, 9.17) is 14.6 Å². The highest BCUT2D eigenvalue weighted by molar-refractivity contribution is 5.44. The maximum Gasteiger partial charge on any atom is 0.161 e. The molecule has 0 spiro atoms. The first kappa shape index (κ1) is 16.1. The molecule has 5 heteroatoms. The number of benzene rings is 1. The molecular weight excluding hydrogens is 270 g/mol. The number of ether oxygens (including phenoxy) is 2. The van der Waals surface area contributed by atoms with Crippen LogP contribution in [0.25, 0.3) is 0 Å². The van der Waals surface area contributed by atoms with Crippen LogP contribution in [-0.4, -0.2) is 43.1 Å². The van der Waals surface area contributed by atoms with Gasteiger partial charge in [-0.2, -0.15) is 0 Å². The van der Waals surface area contributed by atoms with Crippen LogP contribution in [0.4, 0.5) is 0 Å². The summed E-state index contributed by atoms with van der Waals surface area (Å²) in [5.41, 5.74) is 0.840. The molecule has 2 rings (SSSR count). The second-order valence-electron chi connectivity index (χ2n) is 5.26. The lowest BCUT2D eigenvalue weighted by Crippen LogP contribution is -2.23. The van der Waals surface area contributed by atoms with Crippen molar-refractivity contribution in [3.05, 3.63) is 23.8 Å². The molecule has 0 fully saturated rings. The Hall–Kier alpha value is -1.30. The molecule has 0 bridgehead atoms. The maximum atomic E-state index is 10.2. The fourth-order valence-corrected chi connectivity index (χ4v) is 2.34. The summed E-state index contributed by atoms with van der Waals surface area (Å²) >= 11 is 0. The Kier molecular flexibility index (Phi) is 6.79. The number of unbranched alkanes of at least 4 members (excludes halogenated alkanes) is 3. The van der Waals surface area contributed by atoms with Gasteiger partial charge in [0, 0.05) is 13.2 Å². The molecule has 0 amide bonds. The summed E-state index contributed by atoms with van der Waals surface area (Å²) in [7, 11) is 0. The van der Waals surface area contributed by atoms with Crippen LogP contribution >= 0.6 is 0 Å². The van der Waals surface area contributed by atoms with Crippen molar-refractivity contribution < 1.29 is 19.7 Å². The van der Waals surface area contributed by atoms with Gasteiger partial charge in [0.2, 0.25) is 0 Å². The zero-order valence-electron chi connectivity index (χ0n) is 12.4. The van der Waals surface area contributed by atoms with Crippen LogP contribution in [0, 0.1) is 0 Å². The van der Waals surface area contributed by atoms with E-state index in [0.717, 1.165) is 43.5 Å². The molecule has 0 radical (unpaired) electrons. The minimum atomic E-state index is -0.543. The summed E-state index contributed by atoms with van der Waals surface area (Å²) in [5.74, 6) is 1.45. The van der Waals surface area contributed by atoms with Gasteiger partial charge in [0.15, 0.2) is 11.5 Å². The SMILES string of the molecule is OCCCCCCNCC(O)c1ccc2c(c1)OCCO2. The first-order chi connectivity index (χ1) is 10.3. The number of hydrogen-bond acceptors (Lipinski definition) is 5. The van der Waals surface area contributed by atoms with Gasteiger partial charge in [-0.05, 0) is 37.1 Å². The molecule has 1 unspecified atom stereocenters. The smallest absolute Gasteiger partial charge is 0.161 e. The molecule has 1 heterocycles. The Labute approximate surface area is 125 Å². The summed E-state index contributed by atoms with van der Waals surface area (Å²) in [4.78, 5) is 0. The Morgan fingerprint density at radius 3 is 2.62 bits per heavy atom. The standard InChI is InChI=1S/C16H25NO4/c18-8-4-2-1-3-7-17-12-14(19)13-5-6-15-16(11-13)21-10-9-20-15/h5-6,11,14,17-19H,1-4,7-10,12H2. The predicted molar refractivity (Wildman–Crippen MR) is 80.8 cm³/mol. The van der Waals surface area contributed by atoms with Gasteiger partial charge in [0.1, 0.15) is 13.2 Å². The minimum absolute atomic E-state index is 0.274. The molecule has 3 N–H and O–H groups in total. The number of nitrogens with one attached hydrogen (secondary N) is 1. The van der Waals surface area contributed by atoms with Crippen molar-refractivity contribution in [3.63, 3.8) is 0 Å². The summed E-state index contributed by atoms with van der Waals surface area (Å²) < 4.78 is 11.0. The van der Waals surface area contributed by atoms with Gasteiger partial charge in [-0.3, -0.25) is 0 Å². The molecule has 0 aromatic heterocycles.